The summed E-state index contributed by atoms with van der Waals surface area (Å²) in [5, 5.41) is 13.7. The summed E-state index contributed by atoms with van der Waals surface area (Å²) in [5.41, 5.74) is 0. The van der Waals surface area contributed by atoms with Crippen LogP contribution in [0.15, 0.2) is 0 Å². The molecule has 3 N–H and O–H groups in total. The van der Waals surface area contributed by atoms with Crippen molar-refractivity contribution in [2.45, 2.75) is 44.7 Å². The fourth-order valence-electron chi connectivity index (χ4n) is 1.47. The van der Waals surface area contributed by atoms with Crippen LogP contribution < -0.4 is 10.6 Å². The van der Waals surface area contributed by atoms with Gasteiger partial charge in [0.15, 0.2) is 0 Å². The lowest BCUT2D eigenvalue weighted by Crippen LogP contribution is -2.48. The molecule has 0 bridgehead atoms. The molecule has 20 heavy (non-hydrogen) atoms. The van der Waals surface area contributed by atoms with Gasteiger partial charge >= 0.3 is 18.0 Å². The van der Waals surface area contributed by atoms with Crippen LogP contribution >= 0.6 is 0 Å². The number of terminal acetylenes is 1. The van der Waals surface area contributed by atoms with Crippen LogP contribution in [-0.2, 0) is 14.3 Å². The number of amides is 2. The Bertz CT molecular complexity index is 389. The third-order valence-electron chi connectivity index (χ3n) is 2.55. The Morgan fingerprint density at radius 1 is 1.30 bits per heavy atom. The van der Waals surface area contributed by atoms with Crippen molar-refractivity contribution in [3.8, 4) is 12.3 Å². The second kappa shape index (κ2) is 9.67. The van der Waals surface area contributed by atoms with Gasteiger partial charge in [0.05, 0.1) is 13.2 Å². The fourth-order valence-corrected chi connectivity index (χ4v) is 1.47. The van der Waals surface area contributed by atoms with Crippen molar-refractivity contribution in [1.29, 1.82) is 0 Å². The Morgan fingerprint density at radius 2 is 1.95 bits per heavy atom. The van der Waals surface area contributed by atoms with Gasteiger partial charge in [0.2, 0.25) is 0 Å². The molecule has 1 unspecified atom stereocenters. The Balaban J connectivity index is 4.37. The number of carboxylic acids is 1. The number of rotatable bonds is 8. The Kier molecular flexibility index (Phi) is 8.59. The van der Waals surface area contributed by atoms with E-state index in [1.54, 1.807) is 0 Å². The normalized spacial score (nSPS) is 12.7. The third kappa shape index (κ3) is 7.26. The molecule has 0 aromatic rings. The molecule has 7 heteroatoms. The first kappa shape index (κ1) is 17.8. The van der Waals surface area contributed by atoms with Crippen LogP contribution in [0.2, 0.25) is 0 Å². The zero-order valence-corrected chi connectivity index (χ0v) is 11.6. The molecular weight excluding hydrogens is 264 g/mol. The standard InChI is InChI=1S/C13H20N2O5/c1-4-6-9(5-2)14-13(19)15-10(12(17)18)7-8-11(16)20-3/h2,9-10H,4,6-8H2,1,3H3,(H,17,18)(H2,14,15,19)/t9?,10-/m1/s1. The van der Waals surface area contributed by atoms with E-state index >= 15 is 0 Å². The van der Waals surface area contributed by atoms with Crippen LogP contribution in [-0.4, -0.2) is 42.3 Å². The SMILES string of the molecule is C#CC(CCC)NC(=O)N[C@H](CCC(=O)OC)C(=O)O. The summed E-state index contributed by atoms with van der Waals surface area (Å²) < 4.78 is 4.41. The molecule has 0 radical (unpaired) electrons. The molecular formula is C13H20N2O5. The highest BCUT2D eigenvalue weighted by molar-refractivity contribution is 5.83. The molecule has 0 heterocycles. The molecule has 112 valence electrons. The van der Waals surface area contributed by atoms with Gasteiger partial charge in [-0.3, -0.25) is 4.79 Å². The quantitative estimate of drug-likeness (QED) is 0.444. The summed E-state index contributed by atoms with van der Waals surface area (Å²) >= 11 is 0. The molecule has 7 nitrogen and oxygen atoms in total. The predicted octanol–water partition coefficient (Wildman–Crippen LogP) is 0.494. The van der Waals surface area contributed by atoms with Gasteiger partial charge in [-0.05, 0) is 12.8 Å². The molecule has 0 aromatic heterocycles. The van der Waals surface area contributed by atoms with E-state index in [1.165, 1.54) is 7.11 Å². The van der Waals surface area contributed by atoms with Crippen LogP contribution in [0.4, 0.5) is 4.79 Å². The monoisotopic (exact) mass is 284 g/mol. The largest absolute Gasteiger partial charge is 0.480 e. The van der Waals surface area contributed by atoms with E-state index in [4.69, 9.17) is 11.5 Å². The summed E-state index contributed by atoms with van der Waals surface area (Å²) in [6.45, 7) is 1.92. The minimum absolute atomic E-state index is 0.0517. The molecule has 0 rings (SSSR count). The summed E-state index contributed by atoms with van der Waals surface area (Å²) in [6.07, 6.45) is 6.49. The minimum atomic E-state index is -1.23. The van der Waals surface area contributed by atoms with Gasteiger partial charge in [-0.25, -0.2) is 9.59 Å². The number of carbonyl (C=O) groups excluding carboxylic acids is 2. The van der Waals surface area contributed by atoms with Gasteiger partial charge in [-0.1, -0.05) is 19.3 Å². The van der Waals surface area contributed by atoms with Crippen molar-refractivity contribution in [1.82, 2.24) is 10.6 Å². The minimum Gasteiger partial charge on any atom is -0.480 e. The molecule has 2 atom stereocenters. The van der Waals surface area contributed by atoms with Gasteiger partial charge in [-0.15, -0.1) is 6.42 Å². The number of hydrogen-bond acceptors (Lipinski definition) is 4. The first-order valence-corrected chi connectivity index (χ1v) is 6.27. The number of carboxylic acid groups (broad SMARTS) is 1. The fraction of sp³-hybridized carbons (Fsp3) is 0.615. The van der Waals surface area contributed by atoms with E-state index < -0.39 is 30.1 Å². The number of carbonyl (C=O) groups is 3. The average Bonchev–Trinajstić information content (AvgIpc) is 2.41. The summed E-state index contributed by atoms with van der Waals surface area (Å²) in [6, 6.07) is -2.29. The molecule has 0 aliphatic heterocycles. The lowest BCUT2D eigenvalue weighted by molar-refractivity contribution is -0.142. The smallest absolute Gasteiger partial charge is 0.326 e. The van der Waals surface area contributed by atoms with Crippen LogP contribution in [0, 0.1) is 12.3 Å². The number of hydrogen-bond donors (Lipinski definition) is 3. The molecule has 0 aromatic carbocycles. The van der Waals surface area contributed by atoms with Gasteiger partial charge in [-0.2, -0.15) is 0 Å². The molecule has 2 amide bonds. The summed E-state index contributed by atoms with van der Waals surface area (Å²) in [4.78, 5) is 33.6. The maximum atomic E-state index is 11.6. The number of nitrogens with one attached hydrogen (secondary N) is 2. The predicted molar refractivity (Wildman–Crippen MR) is 71.9 cm³/mol. The lowest BCUT2D eigenvalue weighted by atomic mass is 10.1. The number of esters is 1. The summed E-state index contributed by atoms with van der Waals surface area (Å²) in [5.74, 6) is 0.641. The molecule has 0 aliphatic rings. The maximum Gasteiger partial charge on any atom is 0.326 e. The van der Waals surface area contributed by atoms with E-state index in [0.29, 0.717) is 6.42 Å². The van der Waals surface area contributed by atoms with E-state index in [1.807, 2.05) is 6.92 Å². The van der Waals surface area contributed by atoms with Gasteiger partial charge < -0.3 is 20.5 Å². The van der Waals surface area contributed by atoms with Crippen LogP contribution in [0.1, 0.15) is 32.6 Å². The lowest BCUT2D eigenvalue weighted by Gasteiger charge is -2.17. The van der Waals surface area contributed by atoms with Gasteiger partial charge in [0, 0.05) is 6.42 Å². The van der Waals surface area contributed by atoms with E-state index in [-0.39, 0.29) is 12.8 Å². The van der Waals surface area contributed by atoms with Crippen molar-refractivity contribution >= 4 is 18.0 Å². The molecule has 0 saturated carbocycles. The van der Waals surface area contributed by atoms with Crippen LogP contribution in [0.3, 0.4) is 0 Å². The van der Waals surface area contributed by atoms with Crippen molar-refractivity contribution < 1.29 is 24.2 Å². The van der Waals surface area contributed by atoms with Crippen molar-refractivity contribution in [2.24, 2.45) is 0 Å². The Labute approximate surface area is 118 Å². The van der Waals surface area contributed by atoms with E-state index in [2.05, 4.69) is 21.3 Å². The second-order valence-corrected chi connectivity index (χ2v) is 4.13. The van der Waals surface area contributed by atoms with Gasteiger partial charge in [0.1, 0.15) is 6.04 Å². The second-order valence-electron chi connectivity index (χ2n) is 4.13. The zero-order chi connectivity index (χ0) is 15.5. The van der Waals surface area contributed by atoms with Gasteiger partial charge in [0.25, 0.3) is 0 Å². The summed E-state index contributed by atoms with van der Waals surface area (Å²) in [7, 11) is 1.21. The first-order chi connectivity index (χ1) is 9.44. The Hall–Kier alpha value is -2.23. The average molecular weight is 284 g/mol. The molecule has 0 fully saturated rings. The Morgan fingerprint density at radius 3 is 2.40 bits per heavy atom. The third-order valence-corrected chi connectivity index (χ3v) is 2.55. The van der Waals surface area contributed by atoms with Crippen LogP contribution in [0.5, 0.6) is 0 Å². The van der Waals surface area contributed by atoms with Crippen molar-refractivity contribution in [2.75, 3.05) is 7.11 Å². The van der Waals surface area contributed by atoms with E-state index in [0.717, 1.165) is 6.42 Å². The highest BCUT2D eigenvalue weighted by atomic mass is 16.5. The highest BCUT2D eigenvalue weighted by Crippen LogP contribution is 2.00. The molecule has 0 saturated heterocycles. The first-order valence-electron chi connectivity index (χ1n) is 6.27. The number of methoxy groups -OCH3 is 1. The zero-order valence-electron chi connectivity index (χ0n) is 11.6. The van der Waals surface area contributed by atoms with Crippen molar-refractivity contribution in [3.05, 3.63) is 0 Å². The van der Waals surface area contributed by atoms with E-state index in [9.17, 15) is 14.4 Å². The van der Waals surface area contributed by atoms with Crippen molar-refractivity contribution in [3.63, 3.8) is 0 Å². The topological polar surface area (TPSA) is 105 Å². The molecule has 0 spiro atoms. The highest BCUT2D eigenvalue weighted by Gasteiger charge is 2.22. The number of urea groups is 1. The number of aliphatic carboxylic acids is 1. The molecule has 0 aliphatic carbocycles. The maximum absolute atomic E-state index is 11.6. The van der Waals surface area contributed by atoms with Crippen LogP contribution in [0.25, 0.3) is 0 Å². The number of ether oxygens (including phenoxy) is 1.